The zero-order valence-corrected chi connectivity index (χ0v) is 11.4. The average Bonchev–Trinajstić information content (AvgIpc) is 3.13. The van der Waals surface area contributed by atoms with Gasteiger partial charge in [-0.3, -0.25) is 14.6 Å². The summed E-state index contributed by atoms with van der Waals surface area (Å²) < 4.78 is 5.15. The molecule has 104 valence electrons. The molecule has 4 nitrogen and oxygen atoms in total. The van der Waals surface area contributed by atoms with Crippen molar-refractivity contribution in [3.8, 4) is 0 Å². The maximum Gasteiger partial charge on any atom is 0.211 e. The molecule has 4 heteroatoms. The van der Waals surface area contributed by atoms with Crippen molar-refractivity contribution in [3.05, 3.63) is 24.2 Å². The van der Waals surface area contributed by atoms with Crippen molar-refractivity contribution in [1.82, 2.24) is 9.80 Å². The van der Waals surface area contributed by atoms with Gasteiger partial charge in [-0.15, -0.1) is 0 Å². The van der Waals surface area contributed by atoms with Crippen LogP contribution >= 0.6 is 0 Å². The average molecular weight is 262 g/mol. The van der Waals surface area contributed by atoms with Gasteiger partial charge < -0.3 is 4.42 Å². The number of ketones is 1. The molecule has 0 spiro atoms. The molecule has 1 aromatic rings. The summed E-state index contributed by atoms with van der Waals surface area (Å²) in [5.74, 6) is 0.581. The van der Waals surface area contributed by atoms with Crippen LogP contribution in [0.1, 0.15) is 36.2 Å². The number of carbonyl (C=O) groups is 1. The number of piperazine rings is 1. The summed E-state index contributed by atoms with van der Waals surface area (Å²) in [6, 6.07) is 4.32. The van der Waals surface area contributed by atoms with Crippen LogP contribution in [0.2, 0.25) is 0 Å². The third-order valence-corrected chi connectivity index (χ3v) is 4.41. The van der Waals surface area contributed by atoms with Gasteiger partial charge in [0.25, 0.3) is 0 Å². The fraction of sp³-hybridized carbons (Fsp3) is 0.667. The summed E-state index contributed by atoms with van der Waals surface area (Å²) in [6.45, 7) is 4.71. The fourth-order valence-electron chi connectivity index (χ4n) is 3.27. The lowest BCUT2D eigenvalue weighted by molar-refractivity contribution is 0.0755. The van der Waals surface area contributed by atoms with Crippen molar-refractivity contribution in [2.24, 2.45) is 0 Å². The van der Waals surface area contributed by atoms with Crippen LogP contribution < -0.4 is 0 Å². The number of furan rings is 1. The number of hydrogen-bond acceptors (Lipinski definition) is 4. The Morgan fingerprint density at radius 1 is 1.21 bits per heavy atom. The Bertz CT molecular complexity index is 402. The molecule has 1 aromatic heterocycles. The fourth-order valence-corrected chi connectivity index (χ4v) is 3.27. The van der Waals surface area contributed by atoms with Crippen LogP contribution in [-0.2, 0) is 0 Å². The van der Waals surface area contributed by atoms with Crippen molar-refractivity contribution in [3.63, 3.8) is 0 Å². The predicted molar refractivity (Wildman–Crippen MR) is 73.3 cm³/mol. The summed E-state index contributed by atoms with van der Waals surface area (Å²) >= 11 is 0. The van der Waals surface area contributed by atoms with E-state index in [4.69, 9.17) is 4.42 Å². The highest BCUT2D eigenvalue weighted by atomic mass is 16.3. The van der Waals surface area contributed by atoms with Crippen molar-refractivity contribution in [2.75, 3.05) is 32.7 Å². The number of Topliss-reactive ketones (excluding diaryl/α,β-unsaturated/α-hetero) is 1. The quantitative estimate of drug-likeness (QED) is 0.778. The summed E-state index contributed by atoms with van der Waals surface area (Å²) in [6.07, 6.45) is 7.08. The molecule has 0 N–H and O–H groups in total. The molecule has 2 aliphatic rings. The van der Waals surface area contributed by atoms with E-state index in [-0.39, 0.29) is 5.78 Å². The van der Waals surface area contributed by atoms with Gasteiger partial charge in [0.2, 0.25) is 5.78 Å². The van der Waals surface area contributed by atoms with Gasteiger partial charge in [-0.2, -0.15) is 0 Å². The summed E-state index contributed by atoms with van der Waals surface area (Å²) in [4.78, 5) is 16.8. The third kappa shape index (κ3) is 3.07. The first-order valence-electron chi connectivity index (χ1n) is 7.36. The van der Waals surface area contributed by atoms with E-state index in [2.05, 4.69) is 9.80 Å². The largest absolute Gasteiger partial charge is 0.461 e. The van der Waals surface area contributed by atoms with E-state index in [1.54, 1.807) is 18.4 Å². The minimum atomic E-state index is 0.0966. The molecule has 3 rings (SSSR count). The SMILES string of the molecule is O=C(CN1CCN(C2CCCC2)CC1)c1ccco1. The Morgan fingerprint density at radius 2 is 1.95 bits per heavy atom. The molecule has 0 radical (unpaired) electrons. The van der Waals surface area contributed by atoms with E-state index in [0.29, 0.717) is 12.3 Å². The molecule has 0 amide bonds. The van der Waals surface area contributed by atoms with Gasteiger partial charge in [0.05, 0.1) is 12.8 Å². The van der Waals surface area contributed by atoms with Crippen LogP contribution in [-0.4, -0.2) is 54.3 Å². The first kappa shape index (κ1) is 12.9. The normalized spacial score (nSPS) is 22.9. The molecule has 0 aromatic carbocycles. The van der Waals surface area contributed by atoms with Crippen molar-refractivity contribution < 1.29 is 9.21 Å². The minimum Gasteiger partial charge on any atom is -0.461 e. The zero-order valence-electron chi connectivity index (χ0n) is 11.4. The van der Waals surface area contributed by atoms with Crippen LogP contribution in [0.3, 0.4) is 0 Å². The molecule has 2 fully saturated rings. The molecule has 19 heavy (non-hydrogen) atoms. The molecule has 1 saturated heterocycles. The van der Waals surface area contributed by atoms with Gasteiger partial charge in [0.15, 0.2) is 5.76 Å². The smallest absolute Gasteiger partial charge is 0.211 e. The van der Waals surface area contributed by atoms with E-state index in [1.165, 1.54) is 25.7 Å². The highest BCUT2D eigenvalue weighted by Gasteiger charge is 2.27. The molecule has 1 saturated carbocycles. The first-order chi connectivity index (χ1) is 9.33. The second kappa shape index (κ2) is 5.88. The third-order valence-electron chi connectivity index (χ3n) is 4.41. The topological polar surface area (TPSA) is 36.7 Å². The Labute approximate surface area is 114 Å². The Balaban J connectivity index is 1.46. The van der Waals surface area contributed by atoms with Crippen LogP contribution in [0.15, 0.2) is 22.8 Å². The van der Waals surface area contributed by atoms with Crippen molar-refractivity contribution in [1.29, 1.82) is 0 Å². The molecule has 0 atom stereocenters. The molecule has 2 heterocycles. The Hall–Kier alpha value is -1.13. The highest BCUT2D eigenvalue weighted by molar-refractivity contribution is 5.94. The Kier molecular flexibility index (Phi) is 3.99. The molecular weight excluding hydrogens is 240 g/mol. The lowest BCUT2D eigenvalue weighted by Crippen LogP contribution is -2.50. The van der Waals surface area contributed by atoms with Gasteiger partial charge in [-0.05, 0) is 25.0 Å². The highest BCUT2D eigenvalue weighted by Crippen LogP contribution is 2.24. The first-order valence-corrected chi connectivity index (χ1v) is 7.36. The monoisotopic (exact) mass is 262 g/mol. The second-order valence-electron chi connectivity index (χ2n) is 5.65. The van der Waals surface area contributed by atoms with Gasteiger partial charge in [0.1, 0.15) is 0 Å². The molecular formula is C15H22N2O2. The molecule has 0 unspecified atom stereocenters. The number of nitrogens with zero attached hydrogens (tertiary/aromatic N) is 2. The van der Waals surface area contributed by atoms with Crippen LogP contribution in [0, 0.1) is 0 Å². The predicted octanol–water partition coefficient (Wildman–Crippen LogP) is 2.02. The van der Waals surface area contributed by atoms with Crippen molar-refractivity contribution >= 4 is 5.78 Å². The van der Waals surface area contributed by atoms with Gasteiger partial charge in [-0.25, -0.2) is 0 Å². The van der Waals surface area contributed by atoms with E-state index in [1.807, 2.05) is 0 Å². The number of carbonyl (C=O) groups excluding carboxylic acids is 1. The van der Waals surface area contributed by atoms with Crippen LogP contribution in [0.5, 0.6) is 0 Å². The number of rotatable bonds is 4. The summed E-state index contributed by atoms with van der Waals surface area (Å²) in [5, 5.41) is 0. The van der Waals surface area contributed by atoms with Gasteiger partial charge in [-0.1, -0.05) is 12.8 Å². The van der Waals surface area contributed by atoms with E-state index < -0.39 is 0 Å². The second-order valence-corrected chi connectivity index (χ2v) is 5.65. The van der Waals surface area contributed by atoms with E-state index in [0.717, 1.165) is 32.2 Å². The summed E-state index contributed by atoms with van der Waals surface area (Å²) in [5.41, 5.74) is 0. The standard InChI is InChI=1S/C15H22N2O2/c18-14(15-6-3-11-19-15)12-16-7-9-17(10-8-16)13-4-1-2-5-13/h3,6,11,13H,1-2,4-5,7-10,12H2. The maximum atomic E-state index is 12.0. The maximum absolute atomic E-state index is 12.0. The molecule has 1 aliphatic heterocycles. The van der Waals surface area contributed by atoms with Gasteiger partial charge in [0, 0.05) is 32.2 Å². The lowest BCUT2D eigenvalue weighted by atomic mass is 10.1. The minimum absolute atomic E-state index is 0.0966. The Morgan fingerprint density at radius 3 is 2.58 bits per heavy atom. The van der Waals surface area contributed by atoms with Crippen molar-refractivity contribution in [2.45, 2.75) is 31.7 Å². The van der Waals surface area contributed by atoms with E-state index in [9.17, 15) is 4.79 Å². The van der Waals surface area contributed by atoms with Crippen LogP contribution in [0.4, 0.5) is 0 Å². The zero-order chi connectivity index (χ0) is 13.1. The molecule has 1 aliphatic carbocycles. The van der Waals surface area contributed by atoms with Crippen LogP contribution in [0.25, 0.3) is 0 Å². The number of hydrogen-bond donors (Lipinski definition) is 0. The molecule has 0 bridgehead atoms. The lowest BCUT2D eigenvalue weighted by Gasteiger charge is -2.37. The van der Waals surface area contributed by atoms with E-state index >= 15 is 0 Å². The van der Waals surface area contributed by atoms with Gasteiger partial charge >= 0.3 is 0 Å². The summed E-state index contributed by atoms with van der Waals surface area (Å²) in [7, 11) is 0.